The van der Waals surface area contributed by atoms with Crippen molar-refractivity contribution in [1.82, 2.24) is 0 Å². The van der Waals surface area contributed by atoms with Gasteiger partial charge in [0, 0.05) is 11.5 Å². The molecule has 0 spiro atoms. The van der Waals surface area contributed by atoms with Crippen LogP contribution in [0.25, 0.3) is 6.08 Å². The van der Waals surface area contributed by atoms with Crippen LogP contribution in [0, 0.1) is 56.7 Å². The third kappa shape index (κ3) is 4.83. The van der Waals surface area contributed by atoms with E-state index in [-0.39, 0.29) is 62.7 Å². The second-order valence-corrected chi connectivity index (χ2v) is 16.9. The molecule has 5 aliphatic rings. The number of carbonyl (C=O) groups is 2. The van der Waals surface area contributed by atoms with Gasteiger partial charge in [-0.05, 0) is 127 Å². The predicted molar refractivity (Wildman–Crippen MR) is 175 cm³/mol. The van der Waals surface area contributed by atoms with E-state index in [1.807, 2.05) is 0 Å². The lowest BCUT2D eigenvalue weighted by Gasteiger charge is -2.71. The Morgan fingerprint density at radius 1 is 0.933 bits per heavy atom. The van der Waals surface area contributed by atoms with Crippen molar-refractivity contribution < 1.29 is 29.6 Å². The van der Waals surface area contributed by atoms with E-state index in [2.05, 4.69) is 47.6 Å². The molecule has 5 aliphatic carbocycles. The molecule has 0 radical (unpaired) electrons. The lowest BCUT2D eigenvalue weighted by molar-refractivity contribution is -0.216. The number of benzene rings is 1. The first kappa shape index (κ1) is 32.3. The summed E-state index contributed by atoms with van der Waals surface area (Å²) < 4.78 is 6.28. The molecule has 0 amide bonds. The second kappa shape index (κ2) is 11.0. The van der Waals surface area contributed by atoms with Gasteiger partial charge in [0.15, 0.2) is 0 Å². The first-order valence-corrected chi connectivity index (χ1v) is 17.3. The molecule has 6 rings (SSSR count). The molecule has 10 atom stereocenters. The van der Waals surface area contributed by atoms with Crippen LogP contribution in [-0.2, 0) is 14.3 Å². The maximum Gasteiger partial charge on any atom is 0.330 e. The zero-order valence-electron chi connectivity index (χ0n) is 28.1. The van der Waals surface area contributed by atoms with Gasteiger partial charge in [-0.1, -0.05) is 65.3 Å². The van der Waals surface area contributed by atoms with E-state index in [9.17, 15) is 24.9 Å². The maximum atomic E-state index is 13.3. The van der Waals surface area contributed by atoms with Crippen LogP contribution >= 0.6 is 0 Å². The largest absolute Gasteiger partial charge is 0.508 e. The number of phenols is 1. The molecule has 6 nitrogen and oxygen atoms in total. The molecule has 0 saturated heterocycles. The minimum absolute atomic E-state index is 0.00751. The van der Waals surface area contributed by atoms with Crippen molar-refractivity contribution in [3.8, 4) is 5.75 Å². The fourth-order valence-corrected chi connectivity index (χ4v) is 12.1. The first-order chi connectivity index (χ1) is 21.1. The highest BCUT2D eigenvalue weighted by Gasteiger charge is 2.70. The summed E-state index contributed by atoms with van der Waals surface area (Å²) in [7, 11) is 0. The van der Waals surface area contributed by atoms with Crippen LogP contribution in [-0.4, -0.2) is 40.0 Å². The molecule has 0 heterocycles. The lowest BCUT2D eigenvalue weighted by atomic mass is 9.33. The van der Waals surface area contributed by atoms with Gasteiger partial charge in [-0.3, -0.25) is 4.79 Å². The van der Waals surface area contributed by atoms with E-state index in [0.717, 1.165) is 63.4 Å². The number of phenolic OH excluding ortho intramolecular Hbond substituents is 1. The third-order valence-corrected chi connectivity index (χ3v) is 14.7. The smallest absolute Gasteiger partial charge is 0.330 e. The number of carboxylic acid groups (broad SMARTS) is 1. The Kier molecular flexibility index (Phi) is 7.90. The molecule has 0 unspecified atom stereocenters. The quantitative estimate of drug-likeness (QED) is 0.175. The molecule has 4 saturated carbocycles. The summed E-state index contributed by atoms with van der Waals surface area (Å²) in [6.45, 7) is 14.3. The van der Waals surface area contributed by atoms with Crippen molar-refractivity contribution in [2.75, 3.05) is 6.61 Å². The fourth-order valence-electron chi connectivity index (χ4n) is 12.1. The van der Waals surface area contributed by atoms with Gasteiger partial charge < -0.3 is 20.1 Å². The van der Waals surface area contributed by atoms with Crippen LogP contribution in [0.1, 0.15) is 105 Å². The summed E-state index contributed by atoms with van der Waals surface area (Å²) in [5.74, 6) is -0.319. The molecule has 1 aromatic carbocycles. The number of hydrogen-bond donors (Lipinski definition) is 3. The molecular weight excluding hydrogens is 564 g/mol. The standard InChI is InChI=1S/C39H54O6/c1-24-27(34(43)44)15-18-36(4)21-22-39(23-45-32(42)14-9-25-7-10-26(40)11-8-25)28(33(24)36)12-13-30-37(5)19-17-31(41)35(2,3)29(37)16-20-38(30,39)6/h7-12,14,24,27,29-31,33,40-41H,13,15-23H2,1-6H3,(H,43,44)/b14-9-/t24-,27+,29-,30+,31-,33-,36+,37-,38+,39-/m0/s1. The molecule has 0 aromatic heterocycles. The Balaban J connectivity index is 1.40. The number of aliphatic hydroxyl groups excluding tert-OH is 1. The number of ether oxygens (including phenoxy) is 1. The van der Waals surface area contributed by atoms with Crippen molar-refractivity contribution >= 4 is 18.0 Å². The summed E-state index contributed by atoms with van der Waals surface area (Å²) in [6, 6.07) is 6.72. The zero-order valence-corrected chi connectivity index (χ0v) is 28.1. The summed E-state index contributed by atoms with van der Waals surface area (Å²) in [4.78, 5) is 25.8. The number of aromatic hydroxyl groups is 1. The van der Waals surface area contributed by atoms with E-state index < -0.39 is 5.97 Å². The highest BCUT2D eigenvalue weighted by Crippen LogP contribution is 2.75. The maximum absolute atomic E-state index is 13.3. The van der Waals surface area contributed by atoms with Crippen LogP contribution in [0.3, 0.4) is 0 Å². The summed E-state index contributed by atoms with van der Waals surface area (Å²) in [6.07, 6.45) is 13.8. The van der Waals surface area contributed by atoms with Crippen LogP contribution in [0.5, 0.6) is 5.75 Å². The molecule has 246 valence electrons. The minimum Gasteiger partial charge on any atom is -0.508 e. The zero-order chi connectivity index (χ0) is 32.6. The number of carbonyl (C=O) groups excluding carboxylic acids is 1. The van der Waals surface area contributed by atoms with Crippen molar-refractivity contribution in [2.24, 2.45) is 56.7 Å². The average molecular weight is 619 g/mol. The Bertz CT molecular complexity index is 1390. The number of esters is 1. The van der Waals surface area contributed by atoms with Gasteiger partial charge in [0.2, 0.25) is 0 Å². The van der Waals surface area contributed by atoms with Gasteiger partial charge in [0.1, 0.15) is 12.4 Å². The average Bonchev–Trinajstić information content (AvgIpc) is 2.97. The first-order valence-electron chi connectivity index (χ1n) is 17.3. The summed E-state index contributed by atoms with van der Waals surface area (Å²) >= 11 is 0. The molecule has 0 aliphatic heterocycles. The van der Waals surface area contributed by atoms with Crippen molar-refractivity contribution in [2.45, 2.75) is 105 Å². The number of fused-ring (bicyclic) bond motifs is 7. The Labute approximate surface area is 269 Å². The number of hydrogen-bond acceptors (Lipinski definition) is 5. The molecule has 3 N–H and O–H groups in total. The normalized spacial score (nSPS) is 43.7. The number of rotatable bonds is 5. The van der Waals surface area contributed by atoms with Gasteiger partial charge in [0.25, 0.3) is 0 Å². The highest BCUT2D eigenvalue weighted by molar-refractivity contribution is 5.87. The fraction of sp³-hybridized carbons (Fsp3) is 0.692. The molecule has 6 heteroatoms. The van der Waals surface area contributed by atoms with Gasteiger partial charge in [0.05, 0.1) is 12.0 Å². The van der Waals surface area contributed by atoms with Crippen LogP contribution in [0.4, 0.5) is 0 Å². The number of aliphatic hydroxyl groups is 1. The molecule has 4 fully saturated rings. The lowest BCUT2D eigenvalue weighted by Crippen LogP contribution is -2.66. The number of allylic oxidation sites excluding steroid dienone is 1. The highest BCUT2D eigenvalue weighted by atomic mass is 16.5. The van der Waals surface area contributed by atoms with E-state index in [4.69, 9.17) is 4.74 Å². The molecule has 45 heavy (non-hydrogen) atoms. The second-order valence-electron chi connectivity index (χ2n) is 16.9. The van der Waals surface area contributed by atoms with Gasteiger partial charge in [-0.25, -0.2) is 4.79 Å². The Hall–Kier alpha value is -2.60. The topological polar surface area (TPSA) is 104 Å². The van der Waals surface area contributed by atoms with Gasteiger partial charge in [-0.15, -0.1) is 0 Å². The molecule has 0 bridgehead atoms. The number of aliphatic carboxylic acids is 1. The minimum atomic E-state index is -0.692. The third-order valence-electron chi connectivity index (χ3n) is 14.7. The molecule has 1 aromatic rings. The van der Waals surface area contributed by atoms with Crippen LogP contribution in [0.2, 0.25) is 0 Å². The van der Waals surface area contributed by atoms with E-state index in [1.54, 1.807) is 30.3 Å². The summed E-state index contributed by atoms with van der Waals surface area (Å²) in [5.41, 5.74) is 1.60. The van der Waals surface area contributed by atoms with Crippen LogP contribution in [0.15, 0.2) is 42.0 Å². The van der Waals surface area contributed by atoms with Crippen LogP contribution < -0.4 is 0 Å². The van der Waals surface area contributed by atoms with Crippen molar-refractivity contribution in [3.05, 3.63) is 47.6 Å². The van der Waals surface area contributed by atoms with Crippen molar-refractivity contribution in [1.29, 1.82) is 0 Å². The Morgan fingerprint density at radius 3 is 2.33 bits per heavy atom. The predicted octanol–water partition coefficient (Wildman–Crippen LogP) is 8.03. The van der Waals surface area contributed by atoms with Crippen molar-refractivity contribution in [3.63, 3.8) is 0 Å². The number of carboxylic acids is 1. The van der Waals surface area contributed by atoms with E-state index in [1.165, 1.54) is 11.6 Å². The van der Waals surface area contributed by atoms with Gasteiger partial charge in [-0.2, -0.15) is 0 Å². The molecular formula is C39H54O6. The summed E-state index contributed by atoms with van der Waals surface area (Å²) in [5, 5.41) is 31.0. The SMILES string of the molecule is C[C@@H]1[C@H]2C3=CC[C@@H]4[C@@]5(C)CC[C@H](O)C(C)(C)[C@@H]5CC[C@@]4(C)[C@]3(COC(=O)/C=C\c3ccc(O)cc3)CC[C@@]2(C)CC[C@H]1C(=O)O. The van der Waals surface area contributed by atoms with Gasteiger partial charge >= 0.3 is 11.9 Å². The Morgan fingerprint density at radius 2 is 1.64 bits per heavy atom. The van der Waals surface area contributed by atoms with E-state index >= 15 is 0 Å². The van der Waals surface area contributed by atoms with E-state index in [0.29, 0.717) is 18.4 Å². The monoisotopic (exact) mass is 618 g/mol.